The van der Waals surface area contributed by atoms with Gasteiger partial charge >= 0.3 is 5.97 Å². The van der Waals surface area contributed by atoms with Gasteiger partial charge in [-0.3, -0.25) is 4.90 Å². The number of aliphatic carboxylic acids is 1. The monoisotopic (exact) mass is 219 g/mol. The molecule has 1 heterocycles. The minimum absolute atomic E-state index is 0.709. The third kappa shape index (κ3) is 1.52. The molecule has 1 aliphatic rings. The Kier molecular flexibility index (Phi) is 2.97. The molecule has 0 spiro atoms. The summed E-state index contributed by atoms with van der Waals surface area (Å²) in [5.41, 5.74) is 0.109. The number of nitrogens with zero attached hydrogens (tertiary/aromatic N) is 1. The number of rotatable bonds is 3. The average molecular weight is 219 g/mol. The number of hydrogen-bond donors (Lipinski definition) is 1. The number of benzene rings is 1. The van der Waals surface area contributed by atoms with E-state index in [9.17, 15) is 9.90 Å². The van der Waals surface area contributed by atoms with Gasteiger partial charge in [-0.1, -0.05) is 37.3 Å². The van der Waals surface area contributed by atoms with E-state index in [-0.39, 0.29) is 0 Å². The molecule has 0 radical (unpaired) electrons. The number of carboxylic acid groups (broad SMARTS) is 1. The first-order valence-electron chi connectivity index (χ1n) is 5.76. The topological polar surface area (TPSA) is 40.5 Å². The van der Waals surface area contributed by atoms with Crippen LogP contribution in [-0.4, -0.2) is 29.1 Å². The first-order valence-corrected chi connectivity index (χ1v) is 5.76. The van der Waals surface area contributed by atoms with Crippen molar-refractivity contribution in [3.05, 3.63) is 35.9 Å². The Morgan fingerprint density at radius 1 is 1.44 bits per heavy atom. The molecule has 0 bridgehead atoms. The second-order valence-electron chi connectivity index (χ2n) is 4.21. The van der Waals surface area contributed by atoms with E-state index in [0.29, 0.717) is 6.42 Å². The third-order valence-electron chi connectivity index (χ3n) is 3.49. The first-order chi connectivity index (χ1) is 7.71. The van der Waals surface area contributed by atoms with E-state index >= 15 is 0 Å². The summed E-state index contributed by atoms with van der Waals surface area (Å²) in [6, 6.07) is 9.58. The summed E-state index contributed by atoms with van der Waals surface area (Å²) in [4.78, 5) is 13.7. The molecule has 0 saturated carbocycles. The molecule has 1 saturated heterocycles. The SMILES string of the molecule is CCN1CCCC1(C(=O)O)c1ccccc1. The molecule has 1 unspecified atom stereocenters. The minimum Gasteiger partial charge on any atom is -0.480 e. The largest absolute Gasteiger partial charge is 0.480 e. The molecular weight excluding hydrogens is 202 g/mol. The molecule has 1 N–H and O–H groups in total. The molecule has 3 heteroatoms. The van der Waals surface area contributed by atoms with E-state index in [1.54, 1.807) is 0 Å². The van der Waals surface area contributed by atoms with Gasteiger partial charge in [0, 0.05) is 0 Å². The molecule has 1 aliphatic heterocycles. The normalized spacial score (nSPS) is 25.8. The van der Waals surface area contributed by atoms with Crippen molar-refractivity contribution < 1.29 is 9.90 Å². The van der Waals surface area contributed by atoms with E-state index in [1.807, 2.05) is 37.3 Å². The summed E-state index contributed by atoms with van der Waals surface area (Å²) in [5.74, 6) is -0.724. The second kappa shape index (κ2) is 4.26. The third-order valence-corrected chi connectivity index (χ3v) is 3.49. The summed E-state index contributed by atoms with van der Waals surface area (Å²) in [7, 11) is 0. The highest BCUT2D eigenvalue weighted by atomic mass is 16.4. The standard InChI is InChI=1S/C13H17NO2/c1-2-14-10-6-9-13(14,12(15)16)11-7-4-3-5-8-11/h3-5,7-8H,2,6,9-10H2,1H3,(H,15,16). The zero-order chi connectivity index (χ0) is 11.6. The molecule has 1 fully saturated rings. The maximum absolute atomic E-state index is 11.7. The molecule has 0 amide bonds. The maximum Gasteiger partial charge on any atom is 0.328 e. The Bertz CT molecular complexity index is 377. The minimum atomic E-state index is -0.796. The van der Waals surface area contributed by atoms with Crippen molar-refractivity contribution in [1.82, 2.24) is 4.90 Å². The zero-order valence-corrected chi connectivity index (χ0v) is 9.52. The van der Waals surface area contributed by atoms with Gasteiger partial charge in [0.25, 0.3) is 0 Å². The predicted octanol–water partition coefficient (Wildman–Crippen LogP) is 2.08. The van der Waals surface area contributed by atoms with Crippen LogP contribution in [0.1, 0.15) is 25.3 Å². The van der Waals surface area contributed by atoms with E-state index in [2.05, 4.69) is 4.90 Å². The van der Waals surface area contributed by atoms with Crippen LogP contribution < -0.4 is 0 Å². The van der Waals surface area contributed by atoms with Crippen molar-refractivity contribution in [1.29, 1.82) is 0 Å². The molecule has 86 valence electrons. The van der Waals surface area contributed by atoms with Gasteiger partial charge in [-0.05, 0) is 31.5 Å². The van der Waals surface area contributed by atoms with Gasteiger partial charge in [0.15, 0.2) is 0 Å². The molecule has 0 aliphatic carbocycles. The van der Waals surface area contributed by atoms with Gasteiger partial charge < -0.3 is 5.11 Å². The second-order valence-corrected chi connectivity index (χ2v) is 4.21. The number of hydrogen-bond acceptors (Lipinski definition) is 2. The highest BCUT2D eigenvalue weighted by Crippen LogP contribution is 2.38. The summed E-state index contributed by atoms with van der Waals surface area (Å²) in [5, 5.41) is 9.58. The van der Waals surface area contributed by atoms with Gasteiger partial charge in [-0.15, -0.1) is 0 Å². The van der Waals surface area contributed by atoms with Gasteiger partial charge in [0.2, 0.25) is 0 Å². The van der Waals surface area contributed by atoms with Gasteiger partial charge in [0.05, 0.1) is 0 Å². The fourth-order valence-corrected chi connectivity index (χ4v) is 2.71. The van der Waals surface area contributed by atoms with Crippen molar-refractivity contribution >= 4 is 5.97 Å². The van der Waals surface area contributed by atoms with Crippen LogP contribution in [0.5, 0.6) is 0 Å². The van der Waals surface area contributed by atoms with Crippen molar-refractivity contribution in [2.75, 3.05) is 13.1 Å². The highest BCUT2D eigenvalue weighted by molar-refractivity contribution is 5.81. The van der Waals surface area contributed by atoms with Crippen LogP contribution in [0.15, 0.2) is 30.3 Å². The van der Waals surface area contributed by atoms with Crippen LogP contribution in [-0.2, 0) is 10.3 Å². The van der Waals surface area contributed by atoms with Gasteiger partial charge in [0.1, 0.15) is 5.54 Å². The average Bonchev–Trinajstić information content (AvgIpc) is 2.74. The molecule has 3 nitrogen and oxygen atoms in total. The Hall–Kier alpha value is -1.35. The van der Waals surface area contributed by atoms with Crippen LogP contribution >= 0.6 is 0 Å². The fourth-order valence-electron chi connectivity index (χ4n) is 2.71. The molecule has 16 heavy (non-hydrogen) atoms. The van der Waals surface area contributed by atoms with E-state index in [1.165, 1.54) is 0 Å². The van der Waals surface area contributed by atoms with Crippen LogP contribution in [0.2, 0.25) is 0 Å². The number of carboxylic acids is 1. The molecule has 1 aromatic rings. The quantitative estimate of drug-likeness (QED) is 0.846. The predicted molar refractivity (Wildman–Crippen MR) is 62.2 cm³/mol. The Morgan fingerprint density at radius 2 is 2.12 bits per heavy atom. The molecule has 1 aromatic carbocycles. The summed E-state index contributed by atoms with van der Waals surface area (Å²) in [6.07, 6.45) is 1.66. The van der Waals surface area contributed by atoms with Crippen molar-refractivity contribution in [2.45, 2.75) is 25.3 Å². The van der Waals surface area contributed by atoms with Crippen LogP contribution in [0, 0.1) is 0 Å². The lowest BCUT2D eigenvalue weighted by Gasteiger charge is -2.34. The van der Waals surface area contributed by atoms with Gasteiger partial charge in [-0.25, -0.2) is 4.79 Å². The van der Waals surface area contributed by atoms with E-state index < -0.39 is 11.5 Å². The van der Waals surface area contributed by atoms with Crippen LogP contribution in [0.4, 0.5) is 0 Å². The van der Waals surface area contributed by atoms with E-state index in [4.69, 9.17) is 0 Å². The lowest BCUT2D eigenvalue weighted by molar-refractivity contribution is -0.150. The molecule has 1 atom stereocenters. The van der Waals surface area contributed by atoms with Crippen molar-refractivity contribution in [3.8, 4) is 0 Å². The number of likely N-dealkylation sites (N-methyl/N-ethyl adjacent to an activating group) is 1. The number of likely N-dealkylation sites (tertiary alicyclic amines) is 1. The lowest BCUT2D eigenvalue weighted by atomic mass is 9.87. The fraction of sp³-hybridized carbons (Fsp3) is 0.462. The maximum atomic E-state index is 11.7. The van der Waals surface area contributed by atoms with Crippen molar-refractivity contribution in [3.63, 3.8) is 0 Å². The Labute approximate surface area is 95.7 Å². The van der Waals surface area contributed by atoms with E-state index in [0.717, 1.165) is 25.1 Å². The van der Waals surface area contributed by atoms with Crippen LogP contribution in [0.25, 0.3) is 0 Å². The molecular formula is C13H17NO2. The molecule has 2 rings (SSSR count). The van der Waals surface area contributed by atoms with Gasteiger partial charge in [-0.2, -0.15) is 0 Å². The summed E-state index contributed by atoms with van der Waals surface area (Å²) >= 11 is 0. The smallest absolute Gasteiger partial charge is 0.328 e. The summed E-state index contributed by atoms with van der Waals surface area (Å²) in [6.45, 7) is 3.67. The zero-order valence-electron chi connectivity index (χ0n) is 9.52. The summed E-state index contributed by atoms with van der Waals surface area (Å²) < 4.78 is 0. The van der Waals surface area contributed by atoms with Crippen molar-refractivity contribution in [2.24, 2.45) is 0 Å². The van der Waals surface area contributed by atoms with Crippen LogP contribution in [0.3, 0.4) is 0 Å². The number of carbonyl (C=O) groups is 1. The molecule has 0 aromatic heterocycles. The highest BCUT2D eigenvalue weighted by Gasteiger charge is 2.48. The first kappa shape index (κ1) is 11.1. The Morgan fingerprint density at radius 3 is 2.69 bits per heavy atom. The Balaban J connectivity index is 2.48. The lowest BCUT2D eigenvalue weighted by Crippen LogP contribution is -2.47.